The predicted octanol–water partition coefficient (Wildman–Crippen LogP) is 2.12. The van der Waals surface area contributed by atoms with E-state index >= 15 is 0 Å². The number of rotatable bonds is 1. The second-order valence-electron chi connectivity index (χ2n) is 5.02. The summed E-state index contributed by atoms with van der Waals surface area (Å²) in [5.41, 5.74) is -0.0279. The average molecular weight is 198 g/mol. The topological polar surface area (TPSA) is 36.3 Å². The first-order chi connectivity index (χ1) is 6.45. The molecule has 0 aromatic heterocycles. The Bertz CT molecular complexity index is 200. The molecule has 0 amide bonds. The summed E-state index contributed by atoms with van der Waals surface area (Å²) in [6.07, 6.45) is 2.50. The third-order valence-electron chi connectivity index (χ3n) is 2.80. The van der Waals surface area contributed by atoms with Crippen LogP contribution < -0.4 is 0 Å². The van der Waals surface area contributed by atoms with Gasteiger partial charge >= 0.3 is 0 Å². The van der Waals surface area contributed by atoms with Crippen LogP contribution in [0.3, 0.4) is 0 Å². The van der Waals surface area contributed by atoms with E-state index in [1.165, 1.54) is 0 Å². The number of ether oxygens (including phenoxy) is 1. The number of piperidine rings is 1. The van der Waals surface area contributed by atoms with Crippen molar-refractivity contribution in [3.05, 3.63) is 0 Å². The molecule has 0 spiro atoms. The fourth-order valence-electron chi connectivity index (χ4n) is 1.79. The van der Waals surface area contributed by atoms with Crippen molar-refractivity contribution in [3.8, 4) is 0 Å². The number of hydrogen-bond acceptors (Lipinski definition) is 2. The van der Waals surface area contributed by atoms with Gasteiger partial charge in [0.2, 0.25) is 0 Å². The van der Waals surface area contributed by atoms with Gasteiger partial charge in [-0.25, -0.2) is 0 Å². The standard InChI is InChI=1S/C11H22N2O/c1-11(2,3)10(12)13-7-5-9(14-4)6-8-13/h9,12H,5-8H2,1-4H3. The van der Waals surface area contributed by atoms with Gasteiger partial charge in [-0.3, -0.25) is 5.41 Å². The van der Waals surface area contributed by atoms with Crippen molar-refractivity contribution in [2.45, 2.75) is 39.7 Å². The van der Waals surface area contributed by atoms with E-state index in [1.54, 1.807) is 7.11 Å². The summed E-state index contributed by atoms with van der Waals surface area (Å²) in [5, 5.41) is 8.04. The van der Waals surface area contributed by atoms with Crippen molar-refractivity contribution in [2.75, 3.05) is 20.2 Å². The number of nitrogens with one attached hydrogen (secondary N) is 1. The molecule has 0 atom stereocenters. The van der Waals surface area contributed by atoms with Gasteiger partial charge in [0, 0.05) is 25.6 Å². The number of amidine groups is 1. The van der Waals surface area contributed by atoms with Crippen LogP contribution in [0.5, 0.6) is 0 Å². The van der Waals surface area contributed by atoms with E-state index in [9.17, 15) is 0 Å². The molecule has 1 saturated heterocycles. The zero-order valence-electron chi connectivity index (χ0n) is 9.76. The molecule has 0 saturated carbocycles. The molecule has 3 heteroatoms. The van der Waals surface area contributed by atoms with Gasteiger partial charge in [0.25, 0.3) is 0 Å². The first kappa shape index (κ1) is 11.5. The Morgan fingerprint density at radius 3 is 2.14 bits per heavy atom. The third-order valence-corrected chi connectivity index (χ3v) is 2.80. The van der Waals surface area contributed by atoms with Gasteiger partial charge in [0.15, 0.2) is 0 Å². The highest BCUT2D eigenvalue weighted by Gasteiger charge is 2.26. The smallest absolute Gasteiger partial charge is 0.101 e. The Labute approximate surface area is 86.9 Å². The first-order valence-electron chi connectivity index (χ1n) is 5.32. The molecule has 0 bridgehead atoms. The molecule has 1 fully saturated rings. The SMILES string of the molecule is COC1CCN(C(=N)C(C)(C)C)CC1. The molecule has 14 heavy (non-hydrogen) atoms. The zero-order chi connectivity index (χ0) is 10.8. The van der Waals surface area contributed by atoms with Crippen molar-refractivity contribution in [3.63, 3.8) is 0 Å². The van der Waals surface area contributed by atoms with E-state index < -0.39 is 0 Å². The summed E-state index contributed by atoms with van der Waals surface area (Å²) in [5.74, 6) is 0.757. The quantitative estimate of drug-likeness (QED) is 0.517. The molecule has 0 aromatic rings. The highest BCUT2D eigenvalue weighted by atomic mass is 16.5. The van der Waals surface area contributed by atoms with Gasteiger partial charge in [-0.15, -0.1) is 0 Å². The Morgan fingerprint density at radius 2 is 1.79 bits per heavy atom. The summed E-state index contributed by atoms with van der Waals surface area (Å²) in [6.45, 7) is 8.22. The monoisotopic (exact) mass is 198 g/mol. The lowest BCUT2D eigenvalue weighted by atomic mass is 9.92. The highest BCUT2D eigenvalue weighted by molar-refractivity contribution is 5.84. The van der Waals surface area contributed by atoms with Crippen molar-refractivity contribution in [1.82, 2.24) is 4.90 Å². The fraction of sp³-hybridized carbons (Fsp3) is 0.909. The van der Waals surface area contributed by atoms with Crippen molar-refractivity contribution >= 4 is 5.84 Å². The molecular formula is C11H22N2O. The Balaban J connectivity index is 2.46. The summed E-state index contributed by atoms with van der Waals surface area (Å²) < 4.78 is 5.31. The lowest BCUT2D eigenvalue weighted by molar-refractivity contribution is 0.0559. The van der Waals surface area contributed by atoms with E-state index in [4.69, 9.17) is 10.1 Å². The molecule has 1 aliphatic heterocycles. The fourth-order valence-corrected chi connectivity index (χ4v) is 1.79. The van der Waals surface area contributed by atoms with E-state index in [2.05, 4.69) is 25.7 Å². The summed E-state index contributed by atoms with van der Waals surface area (Å²) in [7, 11) is 1.77. The van der Waals surface area contributed by atoms with Gasteiger partial charge in [0.05, 0.1) is 6.10 Å². The molecule has 3 nitrogen and oxygen atoms in total. The maximum Gasteiger partial charge on any atom is 0.101 e. The lowest BCUT2D eigenvalue weighted by Gasteiger charge is -2.37. The number of hydrogen-bond donors (Lipinski definition) is 1. The van der Waals surface area contributed by atoms with Crippen LogP contribution in [0, 0.1) is 10.8 Å². The van der Waals surface area contributed by atoms with Crippen molar-refractivity contribution in [1.29, 1.82) is 5.41 Å². The number of methoxy groups -OCH3 is 1. The number of nitrogens with zero attached hydrogens (tertiary/aromatic N) is 1. The van der Waals surface area contributed by atoms with Crippen LogP contribution in [-0.2, 0) is 4.74 Å². The van der Waals surface area contributed by atoms with Crippen LogP contribution in [0.4, 0.5) is 0 Å². The third kappa shape index (κ3) is 2.71. The Hall–Kier alpha value is -0.570. The molecule has 82 valence electrons. The van der Waals surface area contributed by atoms with E-state index in [0.717, 1.165) is 31.8 Å². The Morgan fingerprint density at radius 1 is 1.29 bits per heavy atom. The summed E-state index contributed by atoms with van der Waals surface area (Å²) in [4.78, 5) is 2.18. The molecule has 1 aliphatic rings. The normalized spacial score (nSPS) is 19.9. The van der Waals surface area contributed by atoms with Gasteiger partial charge in [-0.05, 0) is 12.8 Å². The van der Waals surface area contributed by atoms with Crippen LogP contribution in [0.2, 0.25) is 0 Å². The van der Waals surface area contributed by atoms with Crippen LogP contribution in [-0.4, -0.2) is 37.0 Å². The molecular weight excluding hydrogens is 176 g/mol. The second kappa shape index (κ2) is 4.30. The molecule has 0 aliphatic carbocycles. The Kier molecular flexibility index (Phi) is 3.53. The summed E-state index contributed by atoms with van der Waals surface area (Å²) in [6, 6.07) is 0. The minimum atomic E-state index is -0.0279. The minimum Gasteiger partial charge on any atom is -0.381 e. The molecule has 0 unspecified atom stereocenters. The van der Waals surface area contributed by atoms with Gasteiger partial charge < -0.3 is 9.64 Å². The van der Waals surface area contributed by atoms with Gasteiger partial charge in [-0.1, -0.05) is 20.8 Å². The van der Waals surface area contributed by atoms with Crippen LogP contribution >= 0.6 is 0 Å². The molecule has 0 radical (unpaired) electrons. The minimum absolute atomic E-state index is 0.0279. The largest absolute Gasteiger partial charge is 0.381 e. The lowest BCUT2D eigenvalue weighted by Crippen LogP contribution is -2.45. The van der Waals surface area contributed by atoms with Crippen LogP contribution in [0.1, 0.15) is 33.6 Å². The van der Waals surface area contributed by atoms with Crippen molar-refractivity contribution < 1.29 is 4.74 Å². The van der Waals surface area contributed by atoms with Gasteiger partial charge in [0.1, 0.15) is 5.84 Å². The predicted molar refractivity (Wildman–Crippen MR) is 58.8 cm³/mol. The maximum absolute atomic E-state index is 8.04. The van der Waals surface area contributed by atoms with E-state index in [0.29, 0.717) is 6.10 Å². The van der Waals surface area contributed by atoms with Crippen LogP contribution in [0.25, 0.3) is 0 Å². The number of likely N-dealkylation sites (tertiary alicyclic amines) is 1. The average Bonchev–Trinajstić information content (AvgIpc) is 2.15. The first-order valence-corrected chi connectivity index (χ1v) is 5.32. The second-order valence-corrected chi connectivity index (χ2v) is 5.02. The molecule has 0 aromatic carbocycles. The maximum atomic E-state index is 8.04. The van der Waals surface area contributed by atoms with Crippen molar-refractivity contribution in [2.24, 2.45) is 5.41 Å². The molecule has 1 N–H and O–H groups in total. The molecule has 1 heterocycles. The zero-order valence-corrected chi connectivity index (χ0v) is 9.76. The highest BCUT2D eigenvalue weighted by Crippen LogP contribution is 2.21. The van der Waals surface area contributed by atoms with Crippen LogP contribution in [0.15, 0.2) is 0 Å². The van der Waals surface area contributed by atoms with Gasteiger partial charge in [-0.2, -0.15) is 0 Å². The van der Waals surface area contributed by atoms with E-state index in [1.807, 2.05) is 0 Å². The molecule has 1 rings (SSSR count). The van der Waals surface area contributed by atoms with E-state index in [-0.39, 0.29) is 5.41 Å². The summed E-state index contributed by atoms with van der Waals surface area (Å²) >= 11 is 0.